The second-order valence-corrected chi connectivity index (χ2v) is 5.20. The Balaban J connectivity index is 2.19. The van der Waals surface area contributed by atoms with E-state index in [0.29, 0.717) is 23.3 Å². The fourth-order valence-electron chi connectivity index (χ4n) is 2.03. The van der Waals surface area contributed by atoms with Gasteiger partial charge in [-0.1, -0.05) is 26.0 Å². The van der Waals surface area contributed by atoms with Crippen LogP contribution in [-0.2, 0) is 16.1 Å². The Hall–Kier alpha value is -2.14. The minimum atomic E-state index is -0.254. The van der Waals surface area contributed by atoms with Gasteiger partial charge in [-0.2, -0.15) is 0 Å². The van der Waals surface area contributed by atoms with E-state index < -0.39 is 0 Å². The monoisotopic (exact) mass is 288 g/mol. The Morgan fingerprint density at radius 3 is 2.57 bits per heavy atom. The number of hydroxylamine groups is 1. The average molecular weight is 288 g/mol. The van der Waals surface area contributed by atoms with Gasteiger partial charge in [0.15, 0.2) is 0 Å². The molecule has 1 amide bonds. The molecule has 1 aromatic heterocycles. The van der Waals surface area contributed by atoms with Crippen LogP contribution in [0.5, 0.6) is 0 Å². The molecular weight excluding hydrogens is 268 g/mol. The standard InChI is InChI=1S/C16H20N2O3/c1-10(2)12-5-7-13(8-6-12)16-17-14(11(3)21-16)9-15(19)18-20-4/h5-8,10H,9H2,1-4H3,(H,18,19). The van der Waals surface area contributed by atoms with Crippen molar-refractivity contribution in [2.45, 2.75) is 33.1 Å². The van der Waals surface area contributed by atoms with Crippen molar-refractivity contribution in [1.82, 2.24) is 10.5 Å². The molecule has 0 atom stereocenters. The van der Waals surface area contributed by atoms with E-state index in [1.54, 1.807) is 6.92 Å². The topological polar surface area (TPSA) is 64.4 Å². The maximum Gasteiger partial charge on any atom is 0.249 e. The summed E-state index contributed by atoms with van der Waals surface area (Å²) >= 11 is 0. The predicted octanol–water partition coefficient (Wildman–Crippen LogP) is 2.99. The second-order valence-electron chi connectivity index (χ2n) is 5.20. The summed E-state index contributed by atoms with van der Waals surface area (Å²) in [4.78, 5) is 20.5. The van der Waals surface area contributed by atoms with Crippen molar-refractivity contribution in [3.8, 4) is 11.5 Å². The van der Waals surface area contributed by atoms with Crippen molar-refractivity contribution in [3.63, 3.8) is 0 Å². The zero-order valence-corrected chi connectivity index (χ0v) is 12.8. The van der Waals surface area contributed by atoms with Gasteiger partial charge in [0.25, 0.3) is 0 Å². The normalized spacial score (nSPS) is 10.9. The Morgan fingerprint density at radius 1 is 1.33 bits per heavy atom. The molecule has 0 fully saturated rings. The summed E-state index contributed by atoms with van der Waals surface area (Å²) in [5.41, 5.74) is 5.06. The van der Waals surface area contributed by atoms with Crippen molar-refractivity contribution in [3.05, 3.63) is 41.3 Å². The number of rotatable bonds is 5. The molecule has 1 N–H and O–H groups in total. The first-order valence-corrected chi connectivity index (χ1v) is 6.89. The molecule has 112 valence electrons. The molecular formula is C16H20N2O3. The minimum Gasteiger partial charge on any atom is -0.441 e. The highest BCUT2D eigenvalue weighted by Gasteiger charge is 2.14. The number of nitrogens with one attached hydrogen (secondary N) is 1. The number of hydrogen-bond acceptors (Lipinski definition) is 4. The number of aromatic nitrogens is 1. The first-order chi connectivity index (χ1) is 10.0. The highest BCUT2D eigenvalue weighted by Crippen LogP contribution is 2.24. The summed E-state index contributed by atoms with van der Waals surface area (Å²) in [6.45, 7) is 6.10. The van der Waals surface area contributed by atoms with Gasteiger partial charge in [-0.25, -0.2) is 10.5 Å². The zero-order valence-electron chi connectivity index (χ0n) is 12.8. The Kier molecular flexibility index (Phi) is 4.75. The van der Waals surface area contributed by atoms with E-state index in [9.17, 15) is 4.79 Å². The number of carbonyl (C=O) groups excluding carboxylic acids is 1. The fourth-order valence-corrected chi connectivity index (χ4v) is 2.03. The molecule has 2 rings (SSSR count). The van der Waals surface area contributed by atoms with Crippen molar-refractivity contribution in [1.29, 1.82) is 0 Å². The number of oxazole rings is 1. The van der Waals surface area contributed by atoms with Crippen LogP contribution in [0.4, 0.5) is 0 Å². The molecule has 0 aliphatic rings. The lowest BCUT2D eigenvalue weighted by Crippen LogP contribution is -2.24. The fraction of sp³-hybridized carbons (Fsp3) is 0.375. The SMILES string of the molecule is CONC(=O)Cc1nc(-c2ccc(C(C)C)cc2)oc1C. The van der Waals surface area contributed by atoms with Gasteiger partial charge in [0, 0.05) is 5.56 Å². The Bertz CT molecular complexity index is 615. The van der Waals surface area contributed by atoms with Crippen molar-refractivity contribution < 1.29 is 14.0 Å². The number of carbonyl (C=O) groups is 1. The largest absolute Gasteiger partial charge is 0.441 e. The molecule has 2 aromatic rings. The zero-order chi connectivity index (χ0) is 15.4. The molecule has 5 nitrogen and oxygen atoms in total. The Morgan fingerprint density at radius 2 is 2.00 bits per heavy atom. The van der Waals surface area contributed by atoms with E-state index in [2.05, 4.69) is 41.3 Å². The smallest absolute Gasteiger partial charge is 0.249 e. The van der Waals surface area contributed by atoms with E-state index in [1.165, 1.54) is 12.7 Å². The van der Waals surface area contributed by atoms with Crippen LogP contribution in [0, 0.1) is 6.92 Å². The van der Waals surface area contributed by atoms with Gasteiger partial charge in [0.1, 0.15) is 5.76 Å². The van der Waals surface area contributed by atoms with Gasteiger partial charge < -0.3 is 4.42 Å². The van der Waals surface area contributed by atoms with E-state index in [-0.39, 0.29) is 12.3 Å². The lowest BCUT2D eigenvalue weighted by Gasteiger charge is -2.04. The van der Waals surface area contributed by atoms with Crippen LogP contribution < -0.4 is 5.48 Å². The van der Waals surface area contributed by atoms with Crippen LogP contribution in [0.15, 0.2) is 28.7 Å². The molecule has 0 saturated carbocycles. The molecule has 0 radical (unpaired) electrons. The van der Waals surface area contributed by atoms with Crippen LogP contribution in [0.25, 0.3) is 11.5 Å². The molecule has 0 bridgehead atoms. The van der Waals surface area contributed by atoms with Crippen LogP contribution in [-0.4, -0.2) is 18.0 Å². The Labute approximate surface area is 124 Å². The van der Waals surface area contributed by atoms with E-state index in [1.807, 2.05) is 12.1 Å². The van der Waals surface area contributed by atoms with Crippen LogP contribution in [0.2, 0.25) is 0 Å². The van der Waals surface area contributed by atoms with Crippen molar-refractivity contribution in [2.75, 3.05) is 7.11 Å². The second kappa shape index (κ2) is 6.54. The average Bonchev–Trinajstić information content (AvgIpc) is 2.80. The minimum absolute atomic E-state index is 0.132. The van der Waals surface area contributed by atoms with Gasteiger partial charge in [0.2, 0.25) is 11.8 Å². The summed E-state index contributed by atoms with van der Waals surface area (Å²) in [5.74, 6) is 1.40. The van der Waals surface area contributed by atoms with E-state index in [0.717, 1.165) is 5.56 Å². The third-order valence-electron chi connectivity index (χ3n) is 3.26. The number of aryl methyl sites for hydroxylation is 1. The number of amides is 1. The van der Waals surface area contributed by atoms with Crippen LogP contribution >= 0.6 is 0 Å². The van der Waals surface area contributed by atoms with Gasteiger partial charge in [0.05, 0.1) is 19.2 Å². The summed E-state index contributed by atoms with van der Waals surface area (Å²) in [6, 6.07) is 8.10. The molecule has 21 heavy (non-hydrogen) atoms. The lowest BCUT2D eigenvalue weighted by atomic mass is 10.0. The number of hydrogen-bond donors (Lipinski definition) is 1. The molecule has 0 saturated heterocycles. The molecule has 1 aromatic carbocycles. The van der Waals surface area contributed by atoms with Crippen molar-refractivity contribution in [2.24, 2.45) is 0 Å². The summed E-state index contributed by atoms with van der Waals surface area (Å²) in [7, 11) is 1.40. The third-order valence-corrected chi connectivity index (χ3v) is 3.26. The number of benzene rings is 1. The predicted molar refractivity (Wildman–Crippen MR) is 79.6 cm³/mol. The van der Waals surface area contributed by atoms with Crippen LogP contribution in [0.1, 0.15) is 36.8 Å². The summed E-state index contributed by atoms with van der Waals surface area (Å²) in [5, 5.41) is 0. The molecule has 0 unspecified atom stereocenters. The summed E-state index contributed by atoms with van der Waals surface area (Å²) < 4.78 is 5.65. The summed E-state index contributed by atoms with van der Waals surface area (Å²) in [6.07, 6.45) is 0.132. The molecule has 0 aliphatic heterocycles. The lowest BCUT2D eigenvalue weighted by molar-refractivity contribution is -0.130. The highest BCUT2D eigenvalue weighted by molar-refractivity contribution is 5.77. The first-order valence-electron chi connectivity index (χ1n) is 6.89. The first kappa shape index (κ1) is 15.3. The van der Waals surface area contributed by atoms with Gasteiger partial charge in [-0.3, -0.25) is 9.63 Å². The molecule has 0 spiro atoms. The molecule has 1 heterocycles. The van der Waals surface area contributed by atoms with Gasteiger partial charge >= 0.3 is 0 Å². The van der Waals surface area contributed by atoms with E-state index in [4.69, 9.17) is 4.42 Å². The highest BCUT2D eigenvalue weighted by atomic mass is 16.6. The third kappa shape index (κ3) is 3.70. The maximum atomic E-state index is 11.5. The molecule has 0 aliphatic carbocycles. The van der Waals surface area contributed by atoms with Crippen molar-refractivity contribution >= 4 is 5.91 Å². The van der Waals surface area contributed by atoms with Gasteiger partial charge in [-0.15, -0.1) is 0 Å². The number of nitrogens with zero attached hydrogens (tertiary/aromatic N) is 1. The molecule has 5 heteroatoms. The van der Waals surface area contributed by atoms with Crippen LogP contribution in [0.3, 0.4) is 0 Å². The maximum absolute atomic E-state index is 11.5. The van der Waals surface area contributed by atoms with Gasteiger partial charge in [-0.05, 0) is 30.5 Å². The van der Waals surface area contributed by atoms with E-state index >= 15 is 0 Å². The quantitative estimate of drug-likeness (QED) is 0.859.